The highest BCUT2D eigenvalue weighted by atomic mass is 35.5. The summed E-state index contributed by atoms with van der Waals surface area (Å²) in [5.74, 6) is 0. The van der Waals surface area contributed by atoms with Crippen molar-refractivity contribution in [2.45, 2.75) is 6.42 Å². The molecule has 0 aliphatic carbocycles. The highest BCUT2D eigenvalue weighted by molar-refractivity contribution is 6.31. The standard InChI is InChI=1S/C10H13ClN2/c1-12-6-3-2-4-9-8-13-7-5-10(9)11/h2,4-5,7-8,12H,3,6H2,1H3. The summed E-state index contributed by atoms with van der Waals surface area (Å²) in [6.45, 7) is 0.981. The lowest BCUT2D eigenvalue weighted by molar-refractivity contribution is 0.809. The molecule has 0 saturated heterocycles. The summed E-state index contributed by atoms with van der Waals surface area (Å²) < 4.78 is 0. The minimum atomic E-state index is 0.746. The molecule has 1 aromatic rings. The van der Waals surface area contributed by atoms with Gasteiger partial charge in [-0.15, -0.1) is 0 Å². The van der Waals surface area contributed by atoms with E-state index in [1.807, 2.05) is 13.1 Å². The molecule has 1 aromatic heterocycles. The van der Waals surface area contributed by atoms with E-state index in [0.29, 0.717) is 0 Å². The van der Waals surface area contributed by atoms with Gasteiger partial charge in [-0.25, -0.2) is 0 Å². The average Bonchev–Trinajstić information content (AvgIpc) is 2.15. The van der Waals surface area contributed by atoms with Gasteiger partial charge in [0.05, 0.1) is 5.02 Å². The summed E-state index contributed by atoms with van der Waals surface area (Å²) in [6, 6.07) is 1.79. The summed E-state index contributed by atoms with van der Waals surface area (Å²) in [6.07, 6.45) is 8.53. The SMILES string of the molecule is CNCCC=Cc1cnccc1Cl. The fraction of sp³-hybridized carbons (Fsp3) is 0.300. The molecule has 0 bridgehead atoms. The molecular formula is C10H13ClN2. The molecule has 2 nitrogen and oxygen atoms in total. The number of halogens is 1. The van der Waals surface area contributed by atoms with Crippen LogP contribution in [0.25, 0.3) is 6.08 Å². The molecule has 0 unspecified atom stereocenters. The molecule has 0 saturated carbocycles. The van der Waals surface area contributed by atoms with Crippen LogP contribution in [0.3, 0.4) is 0 Å². The number of pyridine rings is 1. The van der Waals surface area contributed by atoms with Gasteiger partial charge in [0.1, 0.15) is 0 Å². The minimum Gasteiger partial charge on any atom is -0.319 e. The summed E-state index contributed by atoms with van der Waals surface area (Å²) in [7, 11) is 1.94. The summed E-state index contributed by atoms with van der Waals surface area (Å²) in [4.78, 5) is 3.99. The maximum atomic E-state index is 5.93. The first-order chi connectivity index (χ1) is 6.34. The third-order valence-corrected chi connectivity index (χ3v) is 2.00. The van der Waals surface area contributed by atoms with Crippen molar-refractivity contribution in [1.29, 1.82) is 0 Å². The molecule has 70 valence electrons. The molecule has 0 amide bonds. The van der Waals surface area contributed by atoms with Crippen molar-refractivity contribution < 1.29 is 0 Å². The second-order valence-electron chi connectivity index (χ2n) is 2.69. The lowest BCUT2D eigenvalue weighted by Gasteiger charge is -1.95. The van der Waals surface area contributed by atoms with Crippen LogP contribution >= 0.6 is 11.6 Å². The molecule has 0 aromatic carbocycles. The van der Waals surface area contributed by atoms with Crippen molar-refractivity contribution >= 4 is 17.7 Å². The van der Waals surface area contributed by atoms with Gasteiger partial charge in [-0.05, 0) is 26.1 Å². The average molecular weight is 197 g/mol. The molecule has 13 heavy (non-hydrogen) atoms. The lowest BCUT2D eigenvalue weighted by atomic mass is 10.2. The predicted molar refractivity (Wildman–Crippen MR) is 56.8 cm³/mol. The predicted octanol–water partition coefficient (Wildman–Crippen LogP) is 2.36. The van der Waals surface area contributed by atoms with E-state index in [9.17, 15) is 0 Å². The molecule has 1 rings (SSSR count). The molecule has 0 aliphatic rings. The normalized spacial score (nSPS) is 10.9. The van der Waals surface area contributed by atoms with Crippen molar-refractivity contribution in [3.8, 4) is 0 Å². The first-order valence-electron chi connectivity index (χ1n) is 4.25. The van der Waals surface area contributed by atoms with E-state index >= 15 is 0 Å². The third kappa shape index (κ3) is 3.57. The van der Waals surface area contributed by atoms with Crippen molar-refractivity contribution in [3.63, 3.8) is 0 Å². The number of aromatic nitrogens is 1. The first kappa shape index (κ1) is 10.2. The fourth-order valence-electron chi connectivity index (χ4n) is 0.950. The number of nitrogens with one attached hydrogen (secondary N) is 1. The Morgan fingerprint density at radius 1 is 1.62 bits per heavy atom. The first-order valence-corrected chi connectivity index (χ1v) is 4.63. The van der Waals surface area contributed by atoms with E-state index in [0.717, 1.165) is 23.6 Å². The van der Waals surface area contributed by atoms with Crippen molar-refractivity contribution in [3.05, 3.63) is 35.1 Å². The number of hydrogen-bond donors (Lipinski definition) is 1. The Hall–Kier alpha value is -0.860. The Bertz CT molecular complexity index is 284. The molecule has 0 atom stereocenters. The van der Waals surface area contributed by atoms with Crippen LogP contribution in [0.4, 0.5) is 0 Å². The highest BCUT2D eigenvalue weighted by Crippen LogP contribution is 2.14. The topological polar surface area (TPSA) is 24.9 Å². The van der Waals surface area contributed by atoms with Gasteiger partial charge in [-0.2, -0.15) is 0 Å². The van der Waals surface area contributed by atoms with Crippen molar-refractivity contribution in [2.75, 3.05) is 13.6 Å². The van der Waals surface area contributed by atoms with Gasteiger partial charge in [0.25, 0.3) is 0 Å². The minimum absolute atomic E-state index is 0.746. The van der Waals surface area contributed by atoms with Crippen LogP contribution in [0.1, 0.15) is 12.0 Å². The summed E-state index contributed by atoms with van der Waals surface area (Å²) in [5, 5.41) is 3.81. The van der Waals surface area contributed by atoms with E-state index in [2.05, 4.69) is 16.4 Å². The van der Waals surface area contributed by atoms with Gasteiger partial charge in [0, 0.05) is 18.0 Å². The molecule has 0 spiro atoms. The van der Waals surface area contributed by atoms with Crippen LogP contribution in [-0.4, -0.2) is 18.6 Å². The summed E-state index contributed by atoms with van der Waals surface area (Å²) >= 11 is 5.93. The van der Waals surface area contributed by atoms with Crippen LogP contribution in [0, 0.1) is 0 Å². The van der Waals surface area contributed by atoms with Gasteiger partial charge >= 0.3 is 0 Å². The van der Waals surface area contributed by atoms with Crippen LogP contribution < -0.4 is 5.32 Å². The Labute approximate surface area is 83.6 Å². The van der Waals surface area contributed by atoms with Crippen LogP contribution in [0.15, 0.2) is 24.5 Å². The number of nitrogens with zero attached hydrogens (tertiary/aromatic N) is 1. The van der Waals surface area contributed by atoms with Crippen LogP contribution in [0.2, 0.25) is 5.02 Å². The lowest BCUT2D eigenvalue weighted by Crippen LogP contribution is -2.05. The zero-order valence-corrected chi connectivity index (χ0v) is 8.38. The van der Waals surface area contributed by atoms with Gasteiger partial charge < -0.3 is 5.32 Å². The number of rotatable bonds is 4. The zero-order valence-electron chi connectivity index (χ0n) is 7.63. The Morgan fingerprint density at radius 3 is 3.15 bits per heavy atom. The molecule has 1 heterocycles. The molecule has 0 fully saturated rings. The molecule has 0 aliphatic heterocycles. The fourth-order valence-corrected chi connectivity index (χ4v) is 1.12. The largest absolute Gasteiger partial charge is 0.319 e. The molecule has 1 N–H and O–H groups in total. The van der Waals surface area contributed by atoms with E-state index in [1.165, 1.54) is 0 Å². The summed E-state index contributed by atoms with van der Waals surface area (Å²) in [5.41, 5.74) is 0.972. The molecule has 3 heteroatoms. The van der Waals surface area contributed by atoms with E-state index in [4.69, 9.17) is 11.6 Å². The van der Waals surface area contributed by atoms with Gasteiger partial charge in [-0.3, -0.25) is 4.98 Å². The highest BCUT2D eigenvalue weighted by Gasteiger charge is 1.92. The van der Waals surface area contributed by atoms with Crippen molar-refractivity contribution in [1.82, 2.24) is 10.3 Å². The maximum absolute atomic E-state index is 5.93. The zero-order chi connectivity index (χ0) is 9.52. The van der Waals surface area contributed by atoms with Gasteiger partial charge in [-0.1, -0.05) is 23.8 Å². The maximum Gasteiger partial charge on any atom is 0.0509 e. The second kappa shape index (κ2) is 5.73. The number of hydrogen-bond acceptors (Lipinski definition) is 2. The second-order valence-corrected chi connectivity index (χ2v) is 3.10. The van der Waals surface area contributed by atoms with Gasteiger partial charge in [0.15, 0.2) is 0 Å². The quantitative estimate of drug-likeness (QED) is 0.748. The third-order valence-electron chi connectivity index (χ3n) is 1.65. The van der Waals surface area contributed by atoms with Crippen molar-refractivity contribution in [2.24, 2.45) is 0 Å². The monoisotopic (exact) mass is 196 g/mol. The Kier molecular flexibility index (Phi) is 4.50. The smallest absolute Gasteiger partial charge is 0.0509 e. The van der Waals surface area contributed by atoms with E-state index in [-0.39, 0.29) is 0 Å². The molecular weight excluding hydrogens is 184 g/mol. The van der Waals surface area contributed by atoms with Crippen LogP contribution in [0.5, 0.6) is 0 Å². The Morgan fingerprint density at radius 2 is 2.46 bits per heavy atom. The molecule has 0 radical (unpaired) electrons. The van der Waals surface area contributed by atoms with E-state index < -0.39 is 0 Å². The van der Waals surface area contributed by atoms with Crippen LogP contribution in [-0.2, 0) is 0 Å². The Balaban J connectivity index is 2.53. The van der Waals surface area contributed by atoms with Gasteiger partial charge in [0.2, 0.25) is 0 Å². The van der Waals surface area contributed by atoms with E-state index in [1.54, 1.807) is 18.5 Å².